The second kappa shape index (κ2) is 5.44. The Bertz CT molecular complexity index is 883. The van der Waals surface area contributed by atoms with Crippen molar-refractivity contribution in [2.24, 2.45) is 0 Å². The van der Waals surface area contributed by atoms with Crippen LogP contribution in [0.3, 0.4) is 0 Å². The Morgan fingerprint density at radius 2 is 2.10 bits per heavy atom. The minimum atomic E-state index is -3.32. The van der Waals surface area contributed by atoms with Crippen molar-refractivity contribution < 1.29 is 8.42 Å². The molecule has 0 radical (unpaired) electrons. The van der Waals surface area contributed by atoms with Crippen LogP contribution in [0.2, 0.25) is 0 Å². The van der Waals surface area contributed by atoms with Crippen LogP contribution < -0.4 is 0 Å². The summed E-state index contributed by atoms with van der Waals surface area (Å²) in [6, 6.07) is 9.22. The fourth-order valence-electron chi connectivity index (χ4n) is 2.31. The zero-order valence-electron chi connectivity index (χ0n) is 11.3. The summed E-state index contributed by atoms with van der Waals surface area (Å²) in [4.78, 5) is 5.85. The molecule has 0 unspecified atom stereocenters. The Morgan fingerprint density at radius 1 is 1.29 bits per heavy atom. The van der Waals surface area contributed by atoms with Gasteiger partial charge in [-0.25, -0.2) is 13.4 Å². The van der Waals surface area contributed by atoms with Crippen molar-refractivity contribution >= 4 is 43.8 Å². The van der Waals surface area contributed by atoms with Crippen molar-refractivity contribution in [1.82, 2.24) is 9.55 Å². The number of aromatic nitrogens is 2. The van der Waals surface area contributed by atoms with Crippen LogP contribution in [0.5, 0.6) is 0 Å². The number of rotatable bonds is 4. The highest BCUT2D eigenvalue weighted by atomic mass is 35.5. The van der Waals surface area contributed by atoms with Crippen LogP contribution in [0.1, 0.15) is 10.7 Å². The molecule has 0 spiro atoms. The number of thiophene rings is 1. The second-order valence-electron chi connectivity index (χ2n) is 4.72. The first kappa shape index (κ1) is 14.6. The van der Waals surface area contributed by atoms with E-state index in [0.717, 1.165) is 5.52 Å². The molecular weight excluding hydrogens is 328 g/mol. The van der Waals surface area contributed by atoms with Crippen molar-refractivity contribution in [3.05, 3.63) is 46.4 Å². The fraction of sp³-hybridized carbons (Fsp3) is 0.214. The molecule has 2 aromatic heterocycles. The van der Waals surface area contributed by atoms with Crippen LogP contribution in [-0.2, 0) is 22.3 Å². The van der Waals surface area contributed by atoms with E-state index in [1.54, 1.807) is 23.5 Å². The lowest BCUT2D eigenvalue weighted by Gasteiger charge is -2.06. The number of fused-ring (bicyclic) bond motifs is 1. The van der Waals surface area contributed by atoms with Gasteiger partial charge in [0.1, 0.15) is 11.3 Å². The van der Waals surface area contributed by atoms with Gasteiger partial charge < -0.3 is 4.57 Å². The summed E-state index contributed by atoms with van der Waals surface area (Å²) >= 11 is 7.63. The summed E-state index contributed by atoms with van der Waals surface area (Å²) in [5.41, 5.74) is 1.29. The molecule has 3 rings (SSSR count). The summed E-state index contributed by atoms with van der Waals surface area (Å²) in [6.07, 6.45) is 1.19. The molecule has 4 nitrogen and oxygen atoms in total. The molecule has 0 atom stereocenters. The molecule has 0 aliphatic carbocycles. The molecule has 110 valence electrons. The molecule has 7 heteroatoms. The predicted molar refractivity (Wildman–Crippen MR) is 85.8 cm³/mol. The second-order valence-corrected chi connectivity index (χ2v) is 8.01. The van der Waals surface area contributed by atoms with Gasteiger partial charge in [0.05, 0.1) is 22.8 Å². The normalized spacial score (nSPS) is 12.1. The van der Waals surface area contributed by atoms with E-state index in [-0.39, 0.29) is 10.8 Å². The Labute approximate surface area is 131 Å². The van der Waals surface area contributed by atoms with Crippen LogP contribution in [0, 0.1) is 0 Å². The first-order valence-electron chi connectivity index (χ1n) is 6.27. The molecule has 1 aromatic carbocycles. The van der Waals surface area contributed by atoms with Crippen LogP contribution in [-0.4, -0.2) is 24.2 Å². The Hall–Kier alpha value is -1.37. The van der Waals surface area contributed by atoms with E-state index in [2.05, 4.69) is 4.98 Å². The van der Waals surface area contributed by atoms with Crippen LogP contribution >= 0.6 is 22.9 Å². The number of para-hydroxylation sites is 1. The van der Waals surface area contributed by atoms with E-state index < -0.39 is 9.84 Å². The van der Waals surface area contributed by atoms with E-state index in [9.17, 15) is 8.42 Å². The molecule has 0 aliphatic heterocycles. The standard InChI is InChI=1S/C14H13ClN2O2S2/c1-21(18,19)12-6-2-5-11-14(12)16-13(8-15)17(11)9-10-4-3-7-20-10/h2-7H,8-9H2,1H3. The van der Waals surface area contributed by atoms with Gasteiger partial charge in [-0.15, -0.1) is 22.9 Å². The van der Waals surface area contributed by atoms with Gasteiger partial charge in [-0.05, 0) is 23.6 Å². The number of hydrogen-bond acceptors (Lipinski definition) is 4. The fourth-order valence-corrected chi connectivity index (χ4v) is 4.03. The SMILES string of the molecule is CS(=O)(=O)c1cccc2c1nc(CCl)n2Cc1cccs1. The zero-order valence-corrected chi connectivity index (χ0v) is 13.7. The molecule has 21 heavy (non-hydrogen) atoms. The van der Waals surface area contributed by atoms with Gasteiger partial charge in [-0.3, -0.25) is 0 Å². The molecule has 0 aliphatic rings. The van der Waals surface area contributed by atoms with E-state index in [1.165, 1.54) is 11.1 Å². The highest BCUT2D eigenvalue weighted by Crippen LogP contribution is 2.26. The topological polar surface area (TPSA) is 52.0 Å². The van der Waals surface area contributed by atoms with E-state index in [1.807, 2.05) is 28.1 Å². The van der Waals surface area contributed by atoms with Crippen molar-refractivity contribution in [2.75, 3.05) is 6.26 Å². The minimum Gasteiger partial charge on any atom is -0.322 e. The Balaban J connectivity index is 2.24. The van der Waals surface area contributed by atoms with E-state index >= 15 is 0 Å². The monoisotopic (exact) mass is 340 g/mol. The number of nitrogens with zero attached hydrogens (tertiary/aromatic N) is 2. The van der Waals surface area contributed by atoms with E-state index in [4.69, 9.17) is 11.6 Å². The quantitative estimate of drug-likeness (QED) is 0.685. The number of halogens is 1. The van der Waals surface area contributed by atoms with Gasteiger partial charge >= 0.3 is 0 Å². The lowest BCUT2D eigenvalue weighted by Crippen LogP contribution is -2.02. The largest absolute Gasteiger partial charge is 0.322 e. The predicted octanol–water partition coefficient (Wildman–Crippen LogP) is 3.29. The average Bonchev–Trinajstić information content (AvgIpc) is 3.05. The number of alkyl halides is 1. The summed E-state index contributed by atoms with van der Waals surface area (Å²) in [5, 5.41) is 2.01. The molecule has 0 fully saturated rings. The van der Waals surface area contributed by atoms with Gasteiger partial charge in [0.2, 0.25) is 0 Å². The Kier molecular flexibility index (Phi) is 3.77. The van der Waals surface area contributed by atoms with Gasteiger partial charge in [0.15, 0.2) is 9.84 Å². The molecule has 2 heterocycles. The highest BCUT2D eigenvalue weighted by molar-refractivity contribution is 7.91. The Morgan fingerprint density at radius 3 is 2.71 bits per heavy atom. The maximum atomic E-state index is 11.9. The molecule has 0 saturated heterocycles. The molecular formula is C14H13ClN2O2S2. The number of benzene rings is 1. The maximum absolute atomic E-state index is 11.9. The molecule has 3 aromatic rings. The van der Waals surface area contributed by atoms with Gasteiger partial charge in [0, 0.05) is 11.1 Å². The lowest BCUT2D eigenvalue weighted by atomic mass is 10.3. The van der Waals surface area contributed by atoms with Crippen molar-refractivity contribution in [2.45, 2.75) is 17.3 Å². The summed E-state index contributed by atoms with van der Waals surface area (Å²) in [6.45, 7) is 0.642. The van der Waals surface area contributed by atoms with Crippen molar-refractivity contribution in [3.8, 4) is 0 Å². The maximum Gasteiger partial charge on any atom is 0.177 e. The number of sulfone groups is 1. The smallest absolute Gasteiger partial charge is 0.177 e. The number of hydrogen-bond donors (Lipinski definition) is 0. The minimum absolute atomic E-state index is 0.239. The zero-order chi connectivity index (χ0) is 15.0. The first-order chi connectivity index (χ1) is 10.0. The lowest BCUT2D eigenvalue weighted by molar-refractivity contribution is 0.602. The summed E-state index contributed by atoms with van der Waals surface area (Å²) < 4.78 is 25.8. The highest BCUT2D eigenvalue weighted by Gasteiger charge is 2.18. The van der Waals surface area contributed by atoms with Crippen LogP contribution in [0.15, 0.2) is 40.6 Å². The molecule has 0 saturated carbocycles. The van der Waals surface area contributed by atoms with Gasteiger partial charge in [-0.1, -0.05) is 12.1 Å². The van der Waals surface area contributed by atoms with Gasteiger partial charge in [0.25, 0.3) is 0 Å². The van der Waals surface area contributed by atoms with E-state index in [0.29, 0.717) is 17.9 Å². The van der Waals surface area contributed by atoms with Gasteiger partial charge in [-0.2, -0.15) is 0 Å². The van der Waals surface area contributed by atoms with Crippen molar-refractivity contribution in [3.63, 3.8) is 0 Å². The summed E-state index contributed by atoms with van der Waals surface area (Å²) in [7, 11) is -3.32. The average molecular weight is 341 g/mol. The molecule has 0 N–H and O–H groups in total. The third-order valence-electron chi connectivity index (χ3n) is 3.23. The number of imidazole rings is 1. The molecule has 0 bridgehead atoms. The van der Waals surface area contributed by atoms with Crippen LogP contribution in [0.25, 0.3) is 11.0 Å². The first-order valence-corrected chi connectivity index (χ1v) is 9.58. The van der Waals surface area contributed by atoms with Crippen molar-refractivity contribution in [1.29, 1.82) is 0 Å². The van der Waals surface area contributed by atoms with Crippen LogP contribution in [0.4, 0.5) is 0 Å². The molecule has 0 amide bonds. The summed E-state index contributed by atoms with van der Waals surface area (Å²) in [5.74, 6) is 0.916. The third-order valence-corrected chi connectivity index (χ3v) is 5.46. The third kappa shape index (κ3) is 2.71.